The zero-order valence-corrected chi connectivity index (χ0v) is 16.2. The third-order valence-electron chi connectivity index (χ3n) is 5.26. The highest BCUT2D eigenvalue weighted by molar-refractivity contribution is 5.40. The van der Waals surface area contributed by atoms with Crippen molar-refractivity contribution in [3.05, 3.63) is 53.8 Å². The summed E-state index contributed by atoms with van der Waals surface area (Å²) in [5.41, 5.74) is 7.03. The zero-order chi connectivity index (χ0) is 19.5. The molecule has 4 rings (SSSR count). The van der Waals surface area contributed by atoms with Gasteiger partial charge in [0.25, 0.3) is 0 Å². The number of fused-ring (bicyclic) bond motifs is 1. The number of ether oxygens (including phenoxy) is 3. The molecule has 0 aliphatic carbocycles. The Morgan fingerprint density at radius 1 is 1.18 bits per heavy atom. The summed E-state index contributed by atoms with van der Waals surface area (Å²) < 4.78 is 31.5. The van der Waals surface area contributed by atoms with Gasteiger partial charge < -0.3 is 19.1 Å². The van der Waals surface area contributed by atoms with Crippen molar-refractivity contribution >= 4 is 0 Å². The van der Waals surface area contributed by atoms with Gasteiger partial charge in [-0.25, -0.2) is 9.82 Å². The number of hydrogen-bond acceptors (Lipinski definition) is 6. The van der Waals surface area contributed by atoms with E-state index in [1.54, 1.807) is 12.1 Å². The fraction of sp³-hybridized carbons (Fsp3) is 0.429. The van der Waals surface area contributed by atoms with Gasteiger partial charge >= 0.3 is 0 Å². The van der Waals surface area contributed by atoms with Crippen molar-refractivity contribution in [3.63, 3.8) is 0 Å². The number of likely N-dealkylation sites (N-methyl/N-ethyl adjacent to an activating group) is 1. The molecule has 0 amide bonds. The summed E-state index contributed by atoms with van der Waals surface area (Å²) in [6.07, 6.45) is -0.0293. The van der Waals surface area contributed by atoms with E-state index >= 15 is 0 Å². The smallest absolute Gasteiger partial charge is 0.161 e. The molecule has 150 valence electrons. The largest absolute Gasteiger partial charge is 0.497 e. The van der Waals surface area contributed by atoms with Crippen LogP contribution in [0.25, 0.3) is 0 Å². The molecule has 1 fully saturated rings. The van der Waals surface area contributed by atoms with Crippen molar-refractivity contribution in [3.8, 4) is 17.2 Å². The van der Waals surface area contributed by atoms with Crippen molar-refractivity contribution in [2.45, 2.75) is 12.1 Å². The molecule has 0 radical (unpaired) electrons. The quantitative estimate of drug-likeness (QED) is 0.794. The first-order valence-corrected chi connectivity index (χ1v) is 9.53. The van der Waals surface area contributed by atoms with Crippen LogP contribution < -0.4 is 25.1 Å². The Hall–Kier alpha value is -2.35. The summed E-state index contributed by atoms with van der Waals surface area (Å²) in [6, 6.07) is 12.6. The number of para-hydroxylation sites is 2. The van der Waals surface area contributed by atoms with Gasteiger partial charge in [0.15, 0.2) is 11.5 Å². The third-order valence-corrected chi connectivity index (χ3v) is 5.26. The van der Waals surface area contributed by atoms with Gasteiger partial charge in [-0.15, -0.1) is 0 Å². The molecule has 2 aromatic rings. The van der Waals surface area contributed by atoms with Crippen molar-refractivity contribution in [2.24, 2.45) is 5.92 Å². The monoisotopic (exact) mass is 387 g/mol. The highest BCUT2D eigenvalue weighted by Gasteiger charge is 2.32. The predicted octanol–water partition coefficient (Wildman–Crippen LogP) is 2.37. The van der Waals surface area contributed by atoms with Crippen molar-refractivity contribution in [2.75, 3.05) is 40.4 Å². The Labute approximate surface area is 164 Å². The number of nitrogens with one attached hydrogen (secondary N) is 2. The molecule has 2 aliphatic heterocycles. The lowest BCUT2D eigenvalue weighted by molar-refractivity contribution is 0.0615. The van der Waals surface area contributed by atoms with Gasteiger partial charge in [0.05, 0.1) is 13.2 Å². The molecule has 2 heterocycles. The summed E-state index contributed by atoms with van der Waals surface area (Å²) in [7, 11) is 3.60. The van der Waals surface area contributed by atoms with E-state index in [1.165, 1.54) is 13.2 Å². The van der Waals surface area contributed by atoms with Gasteiger partial charge in [0.2, 0.25) is 0 Å². The van der Waals surface area contributed by atoms with Gasteiger partial charge in [-0.2, -0.15) is 0 Å². The van der Waals surface area contributed by atoms with E-state index in [2.05, 4.69) is 22.8 Å². The van der Waals surface area contributed by atoms with Crippen LogP contribution in [0.4, 0.5) is 4.39 Å². The van der Waals surface area contributed by atoms with Gasteiger partial charge in [-0.3, -0.25) is 5.43 Å². The number of halogens is 1. The van der Waals surface area contributed by atoms with Gasteiger partial charge in [-0.1, -0.05) is 18.2 Å². The second kappa shape index (κ2) is 8.34. The molecule has 0 bridgehead atoms. The fourth-order valence-corrected chi connectivity index (χ4v) is 3.90. The van der Waals surface area contributed by atoms with E-state index in [-0.39, 0.29) is 23.9 Å². The van der Waals surface area contributed by atoms with E-state index < -0.39 is 0 Å². The molecule has 0 saturated carbocycles. The third kappa shape index (κ3) is 4.06. The summed E-state index contributed by atoms with van der Waals surface area (Å²) in [4.78, 5) is 2.22. The molecular weight excluding hydrogens is 361 g/mol. The standard InChI is InChI=1S/C21H26FN3O3/c1-25(12-16-13-27-19-5-3-4-6-20(19)28-16)11-14-10-23-24-21(14)17-8-7-15(26-2)9-18(17)22/h3-9,14,16,21,23-24H,10-13H2,1-2H3. The molecular formula is C21H26FN3O3. The van der Waals surface area contributed by atoms with Crippen LogP contribution in [0.2, 0.25) is 0 Å². The normalized spacial score (nSPS) is 23.8. The summed E-state index contributed by atoms with van der Waals surface area (Å²) >= 11 is 0. The second-order valence-corrected chi connectivity index (χ2v) is 7.37. The maximum atomic E-state index is 14.5. The first kappa shape index (κ1) is 19.0. The summed E-state index contributed by atoms with van der Waals surface area (Å²) in [5, 5.41) is 0. The average molecular weight is 387 g/mol. The number of benzene rings is 2. The number of methoxy groups -OCH3 is 1. The number of nitrogens with zero attached hydrogens (tertiary/aromatic N) is 1. The fourth-order valence-electron chi connectivity index (χ4n) is 3.90. The zero-order valence-electron chi connectivity index (χ0n) is 16.2. The summed E-state index contributed by atoms with van der Waals surface area (Å²) in [6.45, 7) is 2.84. The van der Waals surface area contributed by atoms with Crippen LogP contribution in [0.1, 0.15) is 11.6 Å². The van der Waals surface area contributed by atoms with Gasteiger partial charge in [0.1, 0.15) is 24.3 Å². The van der Waals surface area contributed by atoms with E-state index in [4.69, 9.17) is 14.2 Å². The minimum absolute atomic E-state index is 0.0293. The Morgan fingerprint density at radius 3 is 2.79 bits per heavy atom. The van der Waals surface area contributed by atoms with Crippen molar-refractivity contribution in [1.29, 1.82) is 0 Å². The molecule has 2 aliphatic rings. The van der Waals surface area contributed by atoms with Crippen LogP contribution in [-0.2, 0) is 0 Å². The molecule has 3 unspecified atom stereocenters. The maximum absolute atomic E-state index is 14.5. The van der Waals surface area contributed by atoms with Crippen LogP contribution >= 0.6 is 0 Å². The topological polar surface area (TPSA) is 55.0 Å². The lowest BCUT2D eigenvalue weighted by Gasteiger charge is -2.31. The minimum atomic E-state index is -0.256. The lowest BCUT2D eigenvalue weighted by atomic mass is 9.94. The van der Waals surface area contributed by atoms with E-state index in [9.17, 15) is 4.39 Å². The minimum Gasteiger partial charge on any atom is -0.497 e. The van der Waals surface area contributed by atoms with Crippen LogP contribution in [0.5, 0.6) is 17.2 Å². The Kier molecular flexibility index (Phi) is 5.66. The van der Waals surface area contributed by atoms with Crippen molar-refractivity contribution < 1.29 is 18.6 Å². The highest BCUT2D eigenvalue weighted by atomic mass is 19.1. The average Bonchev–Trinajstić information content (AvgIpc) is 3.15. The molecule has 2 N–H and O–H groups in total. The van der Waals surface area contributed by atoms with Crippen molar-refractivity contribution in [1.82, 2.24) is 15.8 Å². The maximum Gasteiger partial charge on any atom is 0.161 e. The SMILES string of the molecule is COc1ccc(C2NNCC2CN(C)CC2COc3ccccc3O2)c(F)c1. The van der Waals surface area contributed by atoms with Crippen LogP contribution in [0.15, 0.2) is 42.5 Å². The van der Waals surface area contributed by atoms with E-state index in [1.807, 2.05) is 24.3 Å². The predicted molar refractivity (Wildman–Crippen MR) is 104 cm³/mol. The molecule has 2 aromatic carbocycles. The molecule has 0 aromatic heterocycles. The highest BCUT2D eigenvalue weighted by Crippen LogP contribution is 2.32. The lowest BCUT2D eigenvalue weighted by Crippen LogP contribution is -2.41. The molecule has 6 nitrogen and oxygen atoms in total. The van der Waals surface area contributed by atoms with Crippen LogP contribution in [-0.4, -0.2) is 51.4 Å². The molecule has 0 spiro atoms. The Balaban J connectivity index is 1.37. The Morgan fingerprint density at radius 2 is 2.00 bits per heavy atom. The first-order chi connectivity index (χ1) is 13.6. The van der Waals surface area contributed by atoms with Gasteiger partial charge in [0, 0.05) is 37.2 Å². The molecule has 3 atom stereocenters. The molecule has 28 heavy (non-hydrogen) atoms. The van der Waals surface area contributed by atoms with Gasteiger partial charge in [-0.05, 0) is 25.2 Å². The van der Waals surface area contributed by atoms with E-state index in [0.717, 1.165) is 31.1 Å². The molecule has 1 saturated heterocycles. The number of hydrogen-bond donors (Lipinski definition) is 2. The number of hydrazine groups is 1. The Bertz CT molecular complexity index is 819. The van der Waals surface area contributed by atoms with Crippen LogP contribution in [0.3, 0.4) is 0 Å². The molecule has 7 heteroatoms. The van der Waals surface area contributed by atoms with Crippen LogP contribution in [0, 0.1) is 11.7 Å². The number of rotatable bonds is 6. The first-order valence-electron chi connectivity index (χ1n) is 9.53. The van der Waals surface area contributed by atoms with E-state index in [0.29, 0.717) is 17.9 Å². The summed E-state index contributed by atoms with van der Waals surface area (Å²) in [5.74, 6) is 2.07. The second-order valence-electron chi connectivity index (χ2n) is 7.37.